The molecule has 0 fully saturated rings. The molecule has 0 amide bonds. The maximum atomic E-state index is 14.2. The van der Waals surface area contributed by atoms with Gasteiger partial charge >= 0.3 is 0 Å². The monoisotopic (exact) mass is 356 g/mol. The highest BCUT2D eigenvalue weighted by atomic mass is 35.5. The van der Waals surface area contributed by atoms with Gasteiger partial charge in [0.25, 0.3) is 0 Å². The second-order valence-corrected chi connectivity index (χ2v) is 5.76. The first kappa shape index (κ1) is 14.5. The molecule has 106 valence electrons. The number of H-pyrrole nitrogens is 3. The van der Waals surface area contributed by atoms with Crippen LogP contribution in [0.3, 0.4) is 0 Å². The van der Waals surface area contributed by atoms with E-state index in [2.05, 4.69) is 19.9 Å². The molecule has 0 aliphatic carbocycles. The van der Waals surface area contributed by atoms with E-state index in [1.165, 1.54) is 12.1 Å². The molecule has 2 heterocycles. The number of benzene rings is 1. The number of nitrogens with one attached hydrogen (secondary N) is 3. The second kappa shape index (κ2) is 5.38. The van der Waals surface area contributed by atoms with Crippen LogP contribution in [0.2, 0.25) is 5.02 Å². The number of halogens is 2. The molecule has 4 nitrogen and oxygen atoms in total. The molecule has 9 heteroatoms. The molecule has 0 saturated carbocycles. The topological polar surface area (TPSA) is 60.3 Å². The maximum Gasteiger partial charge on any atom is 0.199 e. The van der Waals surface area contributed by atoms with Crippen molar-refractivity contribution in [2.75, 3.05) is 0 Å². The van der Waals surface area contributed by atoms with Gasteiger partial charge in [0.05, 0.1) is 21.7 Å². The van der Waals surface area contributed by atoms with E-state index in [1.807, 2.05) is 0 Å². The van der Waals surface area contributed by atoms with Gasteiger partial charge in [-0.05, 0) is 36.6 Å². The van der Waals surface area contributed by atoms with Crippen LogP contribution in [-0.2, 0) is 0 Å². The van der Waals surface area contributed by atoms with Gasteiger partial charge in [-0.2, -0.15) is 0 Å². The molecule has 2 aromatic heterocycles. The molecular weight excluding hydrogens is 351 g/mol. The number of hydrogen-bond donors (Lipinski definition) is 3. The van der Waals surface area contributed by atoms with Gasteiger partial charge in [-0.15, -0.1) is 0 Å². The molecule has 3 rings (SSSR count). The van der Waals surface area contributed by atoms with Crippen LogP contribution < -0.4 is 0 Å². The summed E-state index contributed by atoms with van der Waals surface area (Å²) in [6.07, 6.45) is 0. The van der Waals surface area contributed by atoms with Crippen molar-refractivity contribution in [2.45, 2.75) is 0 Å². The number of aromatic nitrogens is 4. The Morgan fingerprint density at radius 1 is 1.10 bits per heavy atom. The number of aromatic amines is 3. The van der Waals surface area contributed by atoms with Crippen molar-refractivity contribution in [1.29, 1.82) is 0 Å². The van der Waals surface area contributed by atoms with Crippen molar-refractivity contribution in [3.8, 4) is 11.3 Å². The summed E-state index contributed by atoms with van der Waals surface area (Å²) >= 11 is 21.5. The fourth-order valence-electron chi connectivity index (χ4n) is 2.01. The minimum Gasteiger partial charge on any atom is -0.329 e. The van der Waals surface area contributed by atoms with Gasteiger partial charge in [0.15, 0.2) is 9.54 Å². The summed E-state index contributed by atoms with van der Waals surface area (Å²) in [6.45, 7) is 0. The van der Waals surface area contributed by atoms with Gasteiger partial charge < -0.3 is 15.0 Å². The van der Waals surface area contributed by atoms with E-state index in [0.29, 0.717) is 26.1 Å². The molecule has 21 heavy (non-hydrogen) atoms. The SMILES string of the molecule is Fc1cccc(Cl)c1-c1[nH]c(=S)nc2[nH]c(=S)[nH]c(=S)c12. The summed E-state index contributed by atoms with van der Waals surface area (Å²) in [5.74, 6) is -0.488. The van der Waals surface area contributed by atoms with E-state index in [1.54, 1.807) is 6.07 Å². The van der Waals surface area contributed by atoms with Crippen molar-refractivity contribution in [3.63, 3.8) is 0 Å². The van der Waals surface area contributed by atoms with E-state index < -0.39 is 5.82 Å². The molecule has 0 atom stereocenters. The number of fused-ring (bicyclic) bond motifs is 1. The van der Waals surface area contributed by atoms with Gasteiger partial charge in [-0.1, -0.05) is 29.9 Å². The van der Waals surface area contributed by atoms with Crippen LogP contribution in [-0.4, -0.2) is 19.9 Å². The normalized spacial score (nSPS) is 11.0. The fourth-order valence-corrected chi connectivity index (χ4v) is 3.03. The zero-order valence-corrected chi connectivity index (χ0v) is 13.4. The summed E-state index contributed by atoms with van der Waals surface area (Å²) in [7, 11) is 0. The summed E-state index contributed by atoms with van der Waals surface area (Å²) in [5.41, 5.74) is 0.921. The highest BCUT2D eigenvalue weighted by Crippen LogP contribution is 2.33. The molecule has 0 aliphatic rings. The third kappa shape index (κ3) is 2.55. The summed E-state index contributed by atoms with van der Waals surface area (Å²) in [6, 6.07) is 4.41. The van der Waals surface area contributed by atoms with E-state index in [0.717, 1.165) is 0 Å². The van der Waals surface area contributed by atoms with Gasteiger partial charge in [0, 0.05) is 0 Å². The third-order valence-electron chi connectivity index (χ3n) is 2.83. The standard InChI is InChI=1S/C12H6ClFN4S3/c13-4-2-1-3-5(14)6(4)8-7-9(16-11(20)15-8)17-12(21)18-10(7)19/h1-3H,(H3,15,16,17,18,19,20,21). The van der Waals surface area contributed by atoms with Crippen molar-refractivity contribution in [3.05, 3.63) is 43.2 Å². The molecule has 0 unspecified atom stereocenters. The minimum atomic E-state index is -0.488. The molecule has 0 spiro atoms. The lowest BCUT2D eigenvalue weighted by Crippen LogP contribution is -1.98. The van der Waals surface area contributed by atoms with Crippen LogP contribution >= 0.6 is 48.3 Å². The minimum absolute atomic E-state index is 0.170. The van der Waals surface area contributed by atoms with Crippen molar-refractivity contribution < 1.29 is 4.39 Å². The lowest BCUT2D eigenvalue weighted by molar-refractivity contribution is 0.631. The molecule has 3 N–H and O–H groups in total. The van der Waals surface area contributed by atoms with Crippen LogP contribution in [0.1, 0.15) is 0 Å². The number of rotatable bonds is 1. The molecule has 0 aliphatic heterocycles. The summed E-state index contributed by atoms with van der Waals surface area (Å²) in [5, 5.41) is 0.712. The van der Waals surface area contributed by atoms with Crippen molar-refractivity contribution in [1.82, 2.24) is 19.9 Å². The largest absolute Gasteiger partial charge is 0.329 e. The molecule has 3 aromatic rings. The van der Waals surface area contributed by atoms with E-state index in [9.17, 15) is 4.39 Å². The third-order valence-corrected chi connectivity index (χ3v) is 3.85. The highest BCUT2D eigenvalue weighted by molar-refractivity contribution is 7.72. The zero-order chi connectivity index (χ0) is 15.1. The lowest BCUT2D eigenvalue weighted by atomic mass is 10.1. The Hall–Kier alpha value is -1.48. The maximum absolute atomic E-state index is 14.2. The highest BCUT2D eigenvalue weighted by Gasteiger charge is 2.15. The first-order valence-electron chi connectivity index (χ1n) is 5.68. The van der Waals surface area contributed by atoms with Gasteiger partial charge in [0.2, 0.25) is 0 Å². The average molecular weight is 357 g/mol. The Morgan fingerprint density at radius 2 is 1.86 bits per heavy atom. The van der Waals surface area contributed by atoms with Gasteiger partial charge in [-0.3, -0.25) is 0 Å². The first-order chi connectivity index (χ1) is 9.97. The van der Waals surface area contributed by atoms with Crippen LogP contribution in [0.4, 0.5) is 4.39 Å². The Kier molecular flexibility index (Phi) is 3.70. The summed E-state index contributed by atoms with van der Waals surface area (Å²) in [4.78, 5) is 12.6. The van der Waals surface area contributed by atoms with Crippen LogP contribution in [0.5, 0.6) is 0 Å². The van der Waals surface area contributed by atoms with Crippen LogP contribution in [0.25, 0.3) is 22.3 Å². The van der Waals surface area contributed by atoms with Crippen molar-refractivity contribution >= 4 is 59.3 Å². The molecule has 0 bridgehead atoms. The smallest absolute Gasteiger partial charge is 0.199 e. The molecular formula is C12H6ClFN4S3. The van der Waals surface area contributed by atoms with Gasteiger partial charge in [0.1, 0.15) is 16.1 Å². The van der Waals surface area contributed by atoms with Crippen LogP contribution in [0, 0.1) is 20.0 Å². The first-order valence-corrected chi connectivity index (χ1v) is 7.28. The van der Waals surface area contributed by atoms with Crippen molar-refractivity contribution in [2.24, 2.45) is 0 Å². The number of hydrogen-bond acceptors (Lipinski definition) is 4. The molecule has 0 saturated heterocycles. The quantitative estimate of drug-likeness (QED) is 0.544. The van der Waals surface area contributed by atoms with E-state index >= 15 is 0 Å². The number of nitrogens with zero attached hydrogens (tertiary/aromatic N) is 1. The molecule has 0 radical (unpaired) electrons. The molecule has 1 aromatic carbocycles. The fraction of sp³-hybridized carbons (Fsp3) is 0. The van der Waals surface area contributed by atoms with E-state index in [4.69, 9.17) is 48.3 Å². The predicted molar refractivity (Wildman–Crippen MR) is 87.7 cm³/mol. The van der Waals surface area contributed by atoms with E-state index in [-0.39, 0.29) is 15.4 Å². The average Bonchev–Trinajstić information content (AvgIpc) is 2.36. The Labute approximate surface area is 138 Å². The van der Waals surface area contributed by atoms with Gasteiger partial charge in [-0.25, -0.2) is 9.37 Å². The Morgan fingerprint density at radius 3 is 2.57 bits per heavy atom. The Balaban J connectivity index is 2.57. The lowest BCUT2D eigenvalue weighted by Gasteiger charge is -2.09. The Bertz CT molecular complexity index is 1010. The predicted octanol–water partition coefficient (Wildman–Crippen LogP) is 4.87. The zero-order valence-electron chi connectivity index (χ0n) is 10.2. The van der Waals surface area contributed by atoms with Crippen LogP contribution in [0.15, 0.2) is 18.2 Å². The summed E-state index contributed by atoms with van der Waals surface area (Å²) < 4.78 is 15.0. The second-order valence-electron chi connectivity index (χ2n) is 4.15.